The fourth-order valence-corrected chi connectivity index (χ4v) is 2.08. The van der Waals surface area contributed by atoms with Crippen LogP contribution >= 0.6 is 11.6 Å². The molecule has 2 heterocycles. The van der Waals surface area contributed by atoms with E-state index in [1.54, 1.807) is 4.90 Å². The van der Waals surface area contributed by atoms with E-state index in [2.05, 4.69) is 23.8 Å². The highest BCUT2D eigenvalue weighted by Gasteiger charge is 2.21. The number of nitrogens with zero attached hydrogens (tertiary/aromatic N) is 3. The van der Waals surface area contributed by atoms with Gasteiger partial charge in [0.05, 0.1) is 5.69 Å². The number of halogens is 1. The third kappa shape index (κ3) is 2.57. The van der Waals surface area contributed by atoms with Crippen LogP contribution in [0.25, 0.3) is 0 Å². The minimum Gasteiger partial charge on any atom is -0.337 e. The molecule has 1 aliphatic rings. The van der Waals surface area contributed by atoms with Gasteiger partial charge >= 0.3 is 0 Å². The SMILES string of the molecule is CC(C)c1ncc2c(n1)CCN(C(=O)CCl)C2. The summed E-state index contributed by atoms with van der Waals surface area (Å²) >= 11 is 5.56. The van der Waals surface area contributed by atoms with E-state index >= 15 is 0 Å². The van der Waals surface area contributed by atoms with E-state index in [0.29, 0.717) is 19.0 Å². The maximum absolute atomic E-state index is 11.5. The maximum Gasteiger partial charge on any atom is 0.237 e. The fraction of sp³-hybridized carbons (Fsp3) is 0.583. The lowest BCUT2D eigenvalue weighted by Gasteiger charge is -2.27. The van der Waals surface area contributed by atoms with Crippen LogP contribution in [0.3, 0.4) is 0 Å². The van der Waals surface area contributed by atoms with Crippen LogP contribution in [0, 0.1) is 0 Å². The molecule has 0 radical (unpaired) electrons. The van der Waals surface area contributed by atoms with E-state index < -0.39 is 0 Å². The van der Waals surface area contributed by atoms with Crippen LogP contribution in [-0.2, 0) is 17.8 Å². The number of amides is 1. The van der Waals surface area contributed by atoms with Gasteiger partial charge in [-0.1, -0.05) is 13.8 Å². The summed E-state index contributed by atoms with van der Waals surface area (Å²) in [5.74, 6) is 1.23. The van der Waals surface area contributed by atoms with E-state index in [-0.39, 0.29) is 11.8 Å². The zero-order valence-electron chi connectivity index (χ0n) is 10.1. The number of aromatic nitrogens is 2. The highest BCUT2D eigenvalue weighted by molar-refractivity contribution is 6.27. The Morgan fingerprint density at radius 1 is 1.59 bits per heavy atom. The summed E-state index contributed by atoms with van der Waals surface area (Å²) in [6.07, 6.45) is 2.63. The largest absolute Gasteiger partial charge is 0.337 e. The first-order chi connectivity index (χ1) is 8.11. The van der Waals surface area contributed by atoms with Crippen LogP contribution in [0.4, 0.5) is 0 Å². The van der Waals surface area contributed by atoms with Crippen molar-refractivity contribution in [1.29, 1.82) is 0 Å². The Morgan fingerprint density at radius 2 is 2.35 bits per heavy atom. The first-order valence-corrected chi connectivity index (χ1v) is 6.33. The summed E-state index contributed by atoms with van der Waals surface area (Å²) in [6, 6.07) is 0. The molecular weight excluding hydrogens is 238 g/mol. The van der Waals surface area contributed by atoms with Gasteiger partial charge in [0, 0.05) is 37.2 Å². The normalized spacial score (nSPS) is 14.9. The van der Waals surface area contributed by atoms with Crippen molar-refractivity contribution >= 4 is 17.5 Å². The van der Waals surface area contributed by atoms with Crippen molar-refractivity contribution in [2.45, 2.75) is 32.7 Å². The van der Waals surface area contributed by atoms with Gasteiger partial charge in [-0.3, -0.25) is 4.79 Å². The average Bonchev–Trinajstić information content (AvgIpc) is 2.36. The topological polar surface area (TPSA) is 46.1 Å². The number of carbonyl (C=O) groups is 1. The van der Waals surface area contributed by atoms with Crippen molar-refractivity contribution in [3.05, 3.63) is 23.3 Å². The molecule has 0 aliphatic carbocycles. The summed E-state index contributed by atoms with van der Waals surface area (Å²) in [4.78, 5) is 22.1. The predicted octanol–water partition coefficient (Wildman–Crippen LogP) is 1.72. The first-order valence-electron chi connectivity index (χ1n) is 5.80. The number of hydrogen-bond donors (Lipinski definition) is 0. The lowest BCUT2D eigenvalue weighted by Crippen LogP contribution is -2.37. The van der Waals surface area contributed by atoms with E-state index in [0.717, 1.165) is 23.5 Å². The zero-order chi connectivity index (χ0) is 12.4. The molecule has 4 nitrogen and oxygen atoms in total. The fourth-order valence-electron chi connectivity index (χ4n) is 1.91. The Hall–Kier alpha value is -1.16. The molecule has 1 aliphatic heterocycles. The molecule has 2 rings (SSSR count). The highest BCUT2D eigenvalue weighted by atomic mass is 35.5. The lowest BCUT2D eigenvalue weighted by molar-refractivity contribution is -0.129. The second kappa shape index (κ2) is 5.00. The Kier molecular flexibility index (Phi) is 3.62. The molecule has 5 heteroatoms. The number of rotatable bonds is 2. The molecule has 0 saturated heterocycles. The second-order valence-electron chi connectivity index (χ2n) is 4.55. The summed E-state index contributed by atoms with van der Waals surface area (Å²) in [6.45, 7) is 5.44. The highest BCUT2D eigenvalue weighted by Crippen LogP contribution is 2.19. The molecule has 0 aromatic carbocycles. The van der Waals surface area contributed by atoms with E-state index in [1.807, 2.05) is 6.20 Å². The van der Waals surface area contributed by atoms with Crippen molar-refractivity contribution < 1.29 is 4.79 Å². The second-order valence-corrected chi connectivity index (χ2v) is 4.82. The van der Waals surface area contributed by atoms with Crippen molar-refractivity contribution in [3.8, 4) is 0 Å². The van der Waals surface area contributed by atoms with Crippen molar-refractivity contribution in [3.63, 3.8) is 0 Å². The van der Waals surface area contributed by atoms with Gasteiger partial charge < -0.3 is 4.90 Å². The Bertz CT molecular complexity index is 434. The van der Waals surface area contributed by atoms with Crippen LogP contribution in [0.1, 0.15) is 36.8 Å². The average molecular weight is 254 g/mol. The van der Waals surface area contributed by atoms with E-state index in [4.69, 9.17) is 11.6 Å². The molecule has 0 N–H and O–H groups in total. The molecule has 0 unspecified atom stereocenters. The van der Waals surface area contributed by atoms with Crippen molar-refractivity contribution in [1.82, 2.24) is 14.9 Å². The Morgan fingerprint density at radius 3 is 3.00 bits per heavy atom. The zero-order valence-corrected chi connectivity index (χ0v) is 10.9. The molecule has 0 fully saturated rings. The van der Waals surface area contributed by atoms with E-state index in [9.17, 15) is 4.79 Å². The molecule has 0 atom stereocenters. The number of hydrogen-bond acceptors (Lipinski definition) is 3. The monoisotopic (exact) mass is 253 g/mol. The van der Waals surface area contributed by atoms with Crippen molar-refractivity contribution in [2.24, 2.45) is 0 Å². The van der Waals surface area contributed by atoms with Crippen LogP contribution in [0.5, 0.6) is 0 Å². The summed E-state index contributed by atoms with van der Waals surface area (Å²) in [5, 5.41) is 0. The van der Waals surface area contributed by atoms with Crippen LogP contribution < -0.4 is 0 Å². The first kappa shape index (κ1) is 12.3. The van der Waals surface area contributed by atoms with E-state index in [1.165, 1.54) is 0 Å². The van der Waals surface area contributed by atoms with Crippen molar-refractivity contribution in [2.75, 3.05) is 12.4 Å². The molecule has 17 heavy (non-hydrogen) atoms. The van der Waals surface area contributed by atoms with Gasteiger partial charge in [-0.25, -0.2) is 9.97 Å². The summed E-state index contributed by atoms with van der Waals surface area (Å²) in [5.41, 5.74) is 2.11. The molecule has 0 bridgehead atoms. The Labute approximate surface area is 106 Å². The molecule has 92 valence electrons. The standard InChI is InChI=1S/C12H16ClN3O/c1-8(2)12-14-6-9-7-16(11(17)5-13)4-3-10(9)15-12/h6,8H,3-5,7H2,1-2H3. The van der Waals surface area contributed by atoms with Gasteiger partial charge in [-0.15, -0.1) is 11.6 Å². The lowest BCUT2D eigenvalue weighted by atomic mass is 10.1. The van der Waals surface area contributed by atoms with Gasteiger partial charge in [-0.2, -0.15) is 0 Å². The van der Waals surface area contributed by atoms with Crippen LogP contribution in [-0.4, -0.2) is 33.2 Å². The minimum atomic E-state index is -0.0229. The molecule has 1 aromatic rings. The number of carbonyl (C=O) groups excluding carboxylic acids is 1. The van der Waals surface area contributed by atoms with Crippen LogP contribution in [0.15, 0.2) is 6.20 Å². The molecule has 1 aromatic heterocycles. The van der Waals surface area contributed by atoms with Gasteiger partial charge in [0.25, 0.3) is 0 Å². The molecule has 1 amide bonds. The third-order valence-electron chi connectivity index (χ3n) is 2.94. The molecule has 0 saturated carbocycles. The van der Waals surface area contributed by atoms with Gasteiger partial charge in [0.1, 0.15) is 11.7 Å². The van der Waals surface area contributed by atoms with Gasteiger partial charge in [0.15, 0.2) is 0 Å². The smallest absolute Gasteiger partial charge is 0.237 e. The summed E-state index contributed by atoms with van der Waals surface area (Å²) < 4.78 is 0. The summed E-state index contributed by atoms with van der Waals surface area (Å²) in [7, 11) is 0. The number of alkyl halides is 1. The maximum atomic E-state index is 11.5. The minimum absolute atomic E-state index is 0.0229. The van der Waals surface area contributed by atoms with Gasteiger partial charge in [0.2, 0.25) is 5.91 Å². The van der Waals surface area contributed by atoms with Gasteiger partial charge in [-0.05, 0) is 0 Å². The Balaban J connectivity index is 2.20. The molecular formula is C12H16ClN3O. The number of fused-ring (bicyclic) bond motifs is 1. The predicted molar refractivity (Wildman–Crippen MR) is 66.0 cm³/mol. The third-order valence-corrected chi connectivity index (χ3v) is 3.16. The quantitative estimate of drug-likeness (QED) is 0.754. The molecule has 0 spiro atoms. The van der Waals surface area contributed by atoms with Crippen LogP contribution in [0.2, 0.25) is 0 Å².